The van der Waals surface area contributed by atoms with Crippen LogP contribution in [0.15, 0.2) is 6.07 Å². The largest absolute Gasteiger partial charge is 0.506 e. The van der Waals surface area contributed by atoms with E-state index in [1.54, 1.807) is 0 Å². The highest BCUT2D eigenvalue weighted by Crippen LogP contribution is 2.27. The average Bonchev–Trinajstić information content (AvgIpc) is 2.16. The Labute approximate surface area is 82.3 Å². The van der Waals surface area contributed by atoms with Gasteiger partial charge in [-0.15, -0.1) is 0 Å². The van der Waals surface area contributed by atoms with Crippen LogP contribution < -0.4 is 0 Å². The number of rotatable bonds is 2. The van der Waals surface area contributed by atoms with Gasteiger partial charge < -0.3 is 9.84 Å². The summed E-state index contributed by atoms with van der Waals surface area (Å²) in [5, 5.41) is 8.91. The van der Waals surface area contributed by atoms with E-state index in [1.807, 2.05) is 0 Å². The van der Waals surface area contributed by atoms with Crippen molar-refractivity contribution in [3.8, 4) is 5.75 Å². The number of aromatic nitrogens is 1. The Kier molecular flexibility index (Phi) is 3.13. The summed E-state index contributed by atoms with van der Waals surface area (Å²) in [7, 11) is 0.957. The minimum absolute atomic E-state index is 0.390. The zero-order chi connectivity index (χ0) is 11.6. The lowest BCUT2D eigenvalue weighted by Crippen LogP contribution is -2.09. The van der Waals surface area contributed by atoms with Crippen LogP contribution in [0.1, 0.15) is 22.6 Å². The van der Waals surface area contributed by atoms with Crippen molar-refractivity contribution in [2.45, 2.75) is 6.43 Å². The van der Waals surface area contributed by atoms with Gasteiger partial charge in [0, 0.05) is 6.07 Å². The molecule has 82 valence electrons. The fourth-order valence-corrected chi connectivity index (χ4v) is 0.894. The summed E-state index contributed by atoms with van der Waals surface area (Å²) < 4.78 is 41.5. The number of esters is 1. The summed E-state index contributed by atoms with van der Waals surface area (Å²) in [6.45, 7) is 0. The fourth-order valence-electron chi connectivity index (χ4n) is 0.894. The van der Waals surface area contributed by atoms with E-state index in [-0.39, 0.29) is 0 Å². The second-order valence-electron chi connectivity index (χ2n) is 2.52. The van der Waals surface area contributed by atoms with Crippen molar-refractivity contribution < 1.29 is 27.8 Å². The monoisotopic (exact) mass is 221 g/mol. The standard InChI is InChI=1S/C8H6F3NO3/c1-15-8(14)5-3(9)2-4(13)6(12-5)7(10)11/h2,7,13H,1H3. The van der Waals surface area contributed by atoms with Gasteiger partial charge in [0.2, 0.25) is 0 Å². The van der Waals surface area contributed by atoms with E-state index in [0.29, 0.717) is 6.07 Å². The molecule has 4 nitrogen and oxygen atoms in total. The quantitative estimate of drug-likeness (QED) is 0.771. The molecule has 0 amide bonds. The molecule has 1 heterocycles. The SMILES string of the molecule is COC(=O)c1nc(C(F)F)c(O)cc1F. The van der Waals surface area contributed by atoms with Gasteiger partial charge in [0.25, 0.3) is 6.43 Å². The Balaban J connectivity index is 3.29. The number of ether oxygens (including phenoxy) is 1. The fraction of sp³-hybridized carbons (Fsp3) is 0.250. The van der Waals surface area contributed by atoms with E-state index < -0.39 is 35.3 Å². The Morgan fingerprint density at radius 2 is 2.20 bits per heavy atom. The molecule has 0 fully saturated rings. The summed E-state index contributed by atoms with van der Waals surface area (Å²) in [4.78, 5) is 13.9. The number of methoxy groups -OCH3 is 1. The van der Waals surface area contributed by atoms with Crippen molar-refractivity contribution in [1.82, 2.24) is 4.98 Å². The number of carbonyl (C=O) groups excluding carboxylic acids is 1. The van der Waals surface area contributed by atoms with Crippen LogP contribution in [0.25, 0.3) is 0 Å². The molecule has 0 atom stereocenters. The summed E-state index contributed by atoms with van der Waals surface area (Å²) >= 11 is 0. The summed E-state index contributed by atoms with van der Waals surface area (Å²) in [5.74, 6) is -3.41. The molecule has 0 aliphatic heterocycles. The Morgan fingerprint density at radius 1 is 1.60 bits per heavy atom. The molecule has 0 spiro atoms. The van der Waals surface area contributed by atoms with Crippen LogP contribution in [0.3, 0.4) is 0 Å². The smallest absolute Gasteiger partial charge is 0.359 e. The zero-order valence-electron chi connectivity index (χ0n) is 7.50. The molecule has 1 rings (SSSR count). The van der Waals surface area contributed by atoms with Crippen LogP contribution in [-0.2, 0) is 4.74 Å². The summed E-state index contributed by atoms with van der Waals surface area (Å²) in [6, 6.07) is 0.390. The number of hydrogen-bond donors (Lipinski definition) is 1. The van der Waals surface area contributed by atoms with Gasteiger partial charge in [-0.05, 0) is 0 Å². The summed E-state index contributed by atoms with van der Waals surface area (Å²) in [6.07, 6.45) is -3.10. The van der Waals surface area contributed by atoms with E-state index in [0.717, 1.165) is 7.11 Å². The lowest BCUT2D eigenvalue weighted by molar-refractivity contribution is 0.0586. The Bertz CT molecular complexity index is 395. The van der Waals surface area contributed by atoms with Crippen LogP contribution >= 0.6 is 0 Å². The first-order valence-corrected chi connectivity index (χ1v) is 3.73. The predicted molar refractivity (Wildman–Crippen MR) is 42.2 cm³/mol. The first-order valence-electron chi connectivity index (χ1n) is 3.73. The highest BCUT2D eigenvalue weighted by atomic mass is 19.3. The molecule has 0 radical (unpaired) electrons. The minimum Gasteiger partial charge on any atom is -0.506 e. The van der Waals surface area contributed by atoms with E-state index in [4.69, 9.17) is 5.11 Å². The molecule has 0 aliphatic carbocycles. The Hall–Kier alpha value is -1.79. The Morgan fingerprint density at radius 3 is 2.67 bits per heavy atom. The van der Waals surface area contributed by atoms with E-state index >= 15 is 0 Å². The molecule has 15 heavy (non-hydrogen) atoms. The number of pyridine rings is 1. The number of halogens is 3. The molecule has 7 heteroatoms. The molecule has 0 aromatic carbocycles. The van der Waals surface area contributed by atoms with Crippen molar-refractivity contribution in [2.24, 2.45) is 0 Å². The molecular formula is C8H6F3NO3. The van der Waals surface area contributed by atoms with Crippen molar-refractivity contribution in [3.63, 3.8) is 0 Å². The molecule has 0 saturated carbocycles. The molecular weight excluding hydrogens is 215 g/mol. The first-order chi connectivity index (χ1) is 6.97. The molecule has 0 aliphatic rings. The van der Waals surface area contributed by atoms with Gasteiger partial charge in [0.15, 0.2) is 11.5 Å². The lowest BCUT2D eigenvalue weighted by Gasteiger charge is -2.05. The normalized spacial score (nSPS) is 10.5. The van der Waals surface area contributed by atoms with E-state index in [2.05, 4.69) is 9.72 Å². The maximum absolute atomic E-state index is 13.0. The highest BCUT2D eigenvalue weighted by Gasteiger charge is 2.22. The topological polar surface area (TPSA) is 59.4 Å². The number of alkyl halides is 2. The number of carbonyl (C=O) groups is 1. The molecule has 0 bridgehead atoms. The van der Waals surface area contributed by atoms with Gasteiger partial charge in [0.05, 0.1) is 7.11 Å². The van der Waals surface area contributed by atoms with Gasteiger partial charge in [-0.1, -0.05) is 0 Å². The van der Waals surface area contributed by atoms with E-state index in [9.17, 15) is 18.0 Å². The van der Waals surface area contributed by atoms with E-state index in [1.165, 1.54) is 0 Å². The third-order valence-corrected chi connectivity index (χ3v) is 1.57. The molecule has 1 aromatic heterocycles. The van der Waals surface area contributed by atoms with Gasteiger partial charge in [-0.25, -0.2) is 22.9 Å². The van der Waals surface area contributed by atoms with Crippen LogP contribution in [0.5, 0.6) is 5.75 Å². The number of nitrogens with zero attached hydrogens (tertiary/aromatic N) is 1. The third kappa shape index (κ3) is 2.17. The highest BCUT2D eigenvalue weighted by molar-refractivity contribution is 5.87. The molecule has 1 aromatic rings. The van der Waals surface area contributed by atoms with Crippen LogP contribution in [0.2, 0.25) is 0 Å². The van der Waals surface area contributed by atoms with Crippen molar-refractivity contribution >= 4 is 5.97 Å². The minimum atomic E-state index is -3.10. The van der Waals surface area contributed by atoms with Crippen LogP contribution in [-0.4, -0.2) is 23.2 Å². The lowest BCUT2D eigenvalue weighted by atomic mass is 10.2. The second kappa shape index (κ2) is 4.16. The molecule has 1 N–H and O–H groups in total. The second-order valence-corrected chi connectivity index (χ2v) is 2.52. The zero-order valence-corrected chi connectivity index (χ0v) is 7.50. The van der Waals surface area contributed by atoms with Crippen molar-refractivity contribution in [3.05, 3.63) is 23.3 Å². The van der Waals surface area contributed by atoms with Crippen molar-refractivity contribution in [1.29, 1.82) is 0 Å². The predicted octanol–water partition coefficient (Wildman–Crippen LogP) is 1.65. The van der Waals surface area contributed by atoms with Gasteiger partial charge in [-0.3, -0.25) is 0 Å². The molecule has 0 saturated heterocycles. The van der Waals surface area contributed by atoms with Gasteiger partial charge >= 0.3 is 5.97 Å². The van der Waals surface area contributed by atoms with Gasteiger partial charge in [0.1, 0.15) is 11.4 Å². The van der Waals surface area contributed by atoms with Crippen LogP contribution in [0, 0.1) is 5.82 Å². The maximum atomic E-state index is 13.0. The average molecular weight is 221 g/mol. The van der Waals surface area contributed by atoms with Crippen molar-refractivity contribution in [2.75, 3.05) is 7.11 Å². The van der Waals surface area contributed by atoms with Crippen LogP contribution in [0.4, 0.5) is 13.2 Å². The third-order valence-electron chi connectivity index (χ3n) is 1.57. The first kappa shape index (κ1) is 11.3. The maximum Gasteiger partial charge on any atom is 0.359 e. The van der Waals surface area contributed by atoms with Gasteiger partial charge in [-0.2, -0.15) is 0 Å². The number of hydrogen-bond acceptors (Lipinski definition) is 4. The summed E-state index contributed by atoms with van der Waals surface area (Å²) in [5.41, 5.74) is -1.94. The molecule has 0 unspecified atom stereocenters. The number of aromatic hydroxyl groups is 1.